The Morgan fingerprint density at radius 3 is 2.69 bits per heavy atom. The minimum Gasteiger partial charge on any atom is -0.393 e. The van der Waals surface area contributed by atoms with E-state index in [0.717, 1.165) is 11.1 Å². The maximum Gasteiger partial charge on any atom is 0.200 e. The van der Waals surface area contributed by atoms with Crippen molar-refractivity contribution in [1.82, 2.24) is 0 Å². The summed E-state index contributed by atoms with van der Waals surface area (Å²) in [7, 11) is -3.29. The van der Waals surface area contributed by atoms with Crippen molar-refractivity contribution >= 4 is 15.4 Å². The molecule has 4 heteroatoms. The van der Waals surface area contributed by atoms with Gasteiger partial charge in [0.15, 0.2) is 0 Å². The lowest BCUT2D eigenvalue weighted by molar-refractivity contribution is 0.201. The summed E-state index contributed by atoms with van der Waals surface area (Å²) in [5.41, 5.74) is 2.46. The maximum absolute atomic E-state index is 11.8. The molecule has 1 aliphatic heterocycles. The highest BCUT2D eigenvalue weighted by atomic mass is 32.2. The SMILES string of the molecule is Cc1ccc2c(c1)C(CC(C)O)=CS2(=O)=O. The molecule has 16 heavy (non-hydrogen) atoms. The molecule has 1 aromatic carbocycles. The first-order valence-corrected chi connectivity index (χ1v) is 6.69. The monoisotopic (exact) mass is 238 g/mol. The average Bonchev–Trinajstić information content (AvgIpc) is 2.37. The van der Waals surface area contributed by atoms with E-state index in [1.165, 1.54) is 5.41 Å². The van der Waals surface area contributed by atoms with Crippen LogP contribution in [0.25, 0.3) is 5.57 Å². The Hall–Kier alpha value is -1.13. The molecule has 1 N–H and O–H groups in total. The summed E-state index contributed by atoms with van der Waals surface area (Å²) in [5, 5.41) is 10.6. The summed E-state index contributed by atoms with van der Waals surface area (Å²) in [6.45, 7) is 3.58. The van der Waals surface area contributed by atoms with E-state index in [-0.39, 0.29) is 0 Å². The smallest absolute Gasteiger partial charge is 0.200 e. The van der Waals surface area contributed by atoms with Gasteiger partial charge in [0.25, 0.3) is 0 Å². The van der Waals surface area contributed by atoms with Crippen molar-refractivity contribution in [3.05, 3.63) is 34.7 Å². The van der Waals surface area contributed by atoms with Gasteiger partial charge in [-0.1, -0.05) is 17.7 Å². The van der Waals surface area contributed by atoms with Crippen LogP contribution in [0.4, 0.5) is 0 Å². The Kier molecular flexibility index (Phi) is 2.64. The van der Waals surface area contributed by atoms with E-state index in [1.807, 2.05) is 13.0 Å². The first kappa shape index (κ1) is 11.4. The van der Waals surface area contributed by atoms with Crippen molar-refractivity contribution in [2.45, 2.75) is 31.3 Å². The lowest BCUT2D eigenvalue weighted by atomic mass is 10.0. The zero-order valence-corrected chi connectivity index (χ0v) is 10.1. The molecule has 0 bridgehead atoms. The van der Waals surface area contributed by atoms with Crippen molar-refractivity contribution in [2.75, 3.05) is 0 Å². The molecule has 1 atom stereocenters. The molecule has 1 aliphatic rings. The van der Waals surface area contributed by atoms with Crippen molar-refractivity contribution in [3.8, 4) is 0 Å². The molecular weight excluding hydrogens is 224 g/mol. The Morgan fingerprint density at radius 2 is 2.06 bits per heavy atom. The second kappa shape index (κ2) is 3.71. The fraction of sp³-hybridized carbons (Fsp3) is 0.333. The summed E-state index contributed by atoms with van der Waals surface area (Å²) >= 11 is 0. The molecule has 86 valence electrons. The van der Waals surface area contributed by atoms with Crippen LogP contribution < -0.4 is 0 Å². The zero-order valence-electron chi connectivity index (χ0n) is 9.27. The van der Waals surface area contributed by atoms with Gasteiger partial charge >= 0.3 is 0 Å². The number of hydrogen-bond acceptors (Lipinski definition) is 3. The summed E-state index contributed by atoms with van der Waals surface area (Å²) < 4.78 is 23.6. The minimum atomic E-state index is -3.29. The van der Waals surface area contributed by atoms with Crippen molar-refractivity contribution in [1.29, 1.82) is 0 Å². The number of rotatable bonds is 2. The fourth-order valence-corrected chi connectivity index (χ4v) is 3.41. The second-order valence-electron chi connectivity index (χ2n) is 4.24. The van der Waals surface area contributed by atoms with Gasteiger partial charge in [0, 0.05) is 5.41 Å². The van der Waals surface area contributed by atoms with Crippen molar-refractivity contribution in [2.24, 2.45) is 0 Å². The van der Waals surface area contributed by atoms with Gasteiger partial charge in [0.05, 0.1) is 11.0 Å². The molecule has 1 aromatic rings. The zero-order chi connectivity index (χ0) is 11.9. The number of hydrogen-bond donors (Lipinski definition) is 1. The summed E-state index contributed by atoms with van der Waals surface area (Å²) in [4.78, 5) is 0.355. The molecule has 0 aromatic heterocycles. The van der Waals surface area contributed by atoms with Crippen LogP contribution in [0, 0.1) is 6.92 Å². The van der Waals surface area contributed by atoms with E-state index < -0.39 is 15.9 Å². The van der Waals surface area contributed by atoms with Gasteiger partial charge in [0.2, 0.25) is 9.84 Å². The highest BCUT2D eigenvalue weighted by molar-refractivity contribution is 7.95. The van der Waals surface area contributed by atoms with E-state index >= 15 is 0 Å². The molecule has 0 amide bonds. The first-order valence-electron chi connectivity index (χ1n) is 5.15. The van der Waals surface area contributed by atoms with Crippen LogP contribution in [-0.2, 0) is 9.84 Å². The molecular formula is C12H14O3S. The van der Waals surface area contributed by atoms with Crippen LogP contribution in [0.5, 0.6) is 0 Å². The van der Waals surface area contributed by atoms with Crippen LogP contribution in [-0.4, -0.2) is 19.6 Å². The molecule has 0 fully saturated rings. The van der Waals surface area contributed by atoms with Gasteiger partial charge in [-0.05, 0) is 37.5 Å². The van der Waals surface area contributed by atoms with Gasteiger partial charge in [-0.3, -0.25) is 0 Å². The topological polar surface area (TPSA) is 54.4 Å². The van der Waals surface area contributed by atoms with Gasteiger partial charge in [0.1, 0.15) is 0 Å². The number of aryl methyl sites for hydroxylation is 1. The second-order valence-corrected chi connectivity index (χ2v) is 6.01. The molecule has 0 saturated carbocycles. The lowest BCUT2D eigenvalue weighted by Gasteiger charge is -2.07. The Bertz CT molecular complexity index is 554. The molecule has 1 unspecified atom stereocenters. The first-order chi connectivity index (χ1) is 7.40. The van der Waals surface area contributed by atoms with E-state index in [2.05, 4.69) is 0 Å². The Labute approximate surface area is 95.3 Å². The van der Waals surface area contributed by atoms with Crippen LogP contribution >= 0.6 is 0 Å². The Balaban J connectivity index is 2.57. The van der Waals surface area contributed by atoms with Gasteiger partial charge in [-0.25, -0.2) is 8.42 Å². The van der Waals surface area contributed by atoms with Gasteiger partial charge < -0.3 is 5.11 Å². The van der Waals surface area contributed by atoms with E-state index in [0.29, 0.717) is 16.9 Å². The third-order valence-electron chi connectivity index (χ3n) is 2.60. The molecule has 0 radical (unpaired) electrons. The number of aliphatic hydroxyl groups excluding tert-OH is 1. The van der Waals surface area contributed by atoms with Crippen molar-refractivity contribution < 1.29 is 13.5 Å². The summed E-state index contributed by atoms with van der Waals surface area (Å²) in [6.07, 6.45) is -0.164. The summed E-state index contributed by atoms with van der Waals surface area (Å²) in [6, 6.07) is 5.27. The van der Waals surface area contributed by atoms with E-state index in [4.69, 9.17) is 0 Å². The highest BCUT2D eigenvalue weighted by Gasteiger charge is 2.27. The molecule has 0 aliphatic carbocycles. The molecule has 2 rings (SSSR count). The van der Waals surface area contributed by atoms with E-state index in [1.54, 1.807) is 19.1 Å². The number of aliphatic hydroxyl groups is 1. The highest BCUT2D eigenvalue weighted by Crippen LogP contribution is 2.36. The number of fused-ring (bicyclic) bond motifs is 1. The molecule has 0 spiro atoms. The third kappa shape index (κ3) is 1.90. The minimum absolute atomic E-state index is 0.355. The normalized spacial score (nSPS) is 19.1. The Morgan fingerprint density at radius 1 is 1.38 bits per heavy atom. The molecule has 1 heterocycles. The van der Waals surface area contributed by atoms with Crippen LogP contribution in [0.3, 0.4) is 0 Å². The predicted octanol–water partition coefficient (Wildman–Crippen LogP) is 1.89. The van der Waals surface area contributed by atoms with Crippen LogP contribution in [0.2, 0.25) is 0 Å². The van der Waals surface area contributed by atoms with Crippen molar-refractivity contribution in [3.63, 3.8) is 0 Å². The largest absolute Gasteiger partial charge is 0.393 e. The van der Waals surface area contributed by atoms with Gasteiger partial charge in [-0.15, -0.1) is 0 Å². The summed E-state index contributed by atoms with van der Waals surface area (Å²) in [5.74, 6) is 0. The van der Waals surface area contributed by atoms with Gasteiger partial charge in [-0.2, -0.15) is 0 Å². The maximum atomic E-state index is 11.8. The third-order valence-corrected chi connectivity index (χ3v) is 4.16. The van der Waals surface area contributed by atoms with Crippen LogP contribution in [0.15, 0.2) is 28.5 Å². The van der Waals surface area contributed by atoms with Crippen LogP contribution in [0.1, 0.15) is 24.5 Å². The molecule has 0 saturated heterocycles. The number of benzene rings is 1. The predicted molar refractivity (Wildman–Crippen MR) is 62.6 cm³/mol. The average molecular weight is 238 g/mol. The van der Waals surface area contributed by atoms with E-state index in [9.17, 15) is 13.5 Å². The fourth-order valence-electron chi connectivity index (χ4n) is 1.93. The lowest BCUT2D eigenvalue weighted by Crippen LogP contribution is -2.00. The quantitative estimate of drug-likeness (QED) is 0.856. The number of sulfone groups is 1. The molecule has 3 nitrogen and oxygen atoms in total. The standard InChI is InChI=1S/C12H14O3S/c1-8-3-4-12-11(5-8)10(6-9(2)13)7-16(12,14)15/h3-5,7,9,13H,6H2,1-2H3.